The lowest BCUT2D eigenvalue weighted by atomic mass is 10.2. The van der Waals surface area contributed by atoms with Gasteiger partial charge in [-0.15, -0.1) is 0 Å². The molecule has 0 heterocycles. The molecule has 5 heteroatoms. The number of carbonyl (C=O) groups is 1. The van der Waals surface area contributed by atoms with E-state index in [1.807, 2.05) is 6.92 Å². The molecule has 108 valence electrons. The van der Waals surface area contributed by atoms with E-state index >= 15 is 0 Å². The highest BCUT2D eigenvalue weighted by molar-refractivity contribution is 7.96. The summed E-state index contributed by atoms with van der Waals surface area (Å²) < 4.78 is 25.0. The van der Waals surface area contributed by atoms with Crippen molar-refractivity contribution in [2.45, 2.75) is 11.8 Å². The Hall–Kier alpha value is -1.91. The molecule has 0 aromatic heterocycles. The fraction of sp³-hybridized carbons (Fsp3) is 0.0625. The first-order chi connectivity index (χ1) is 9.91. The maximum absolute atomic E-state index is 12.5. The highest BCUT2D eigenvalue weighted by Gasteiger charge is 2.25. The van der Waals surface area contributed by atoms with E-state index in [0.717, 1.165) is 5.56 Å². The van der Waals surface area contributed by atoms with E-state index in [1.54, 1.807) is 42.5 Å². The van der Waals surface area contributed by atoms with Crippen molar-refractivity contribution in [1.29, 1.82) is 0 Å². The molecule has 0 bridgehead atoms. The minimum Gasteiger partial charge on any atom is -0.275 e. The van der Waals surface area contributed by atoms with Crippen LogP contribution in [0, 0.1) is 6.92 Å². The van der Waals surface area contributed by atoms with Gasteiger partial charge in [0.1, 0.15) is 4.91 Å². The monoisotopic (exact) mass is 320 g/mol. The van der Waals surface area contributed by atoms with E-state index in [-0.39, 0.29) is 4.90 Å². The Balaban J connectivity index is 2.55. The zero-order valence-electron chi connectivity index (χ0n) is 11.3. The maximum atomic E-state index is 12.5. The summed E-state index contributed by atoms with van der Waals surface area (Å²) >= 11 is 5.47. The first-order valence-corrected chi connectivity index (χ1v) is 8.06. The summed E-state index contributed by atoms with van der Waals surface area (Å²) in [6.07, 6.45) is 1.28. The van der Waals surface area contributed by atoms with Crippen molar-refractivity contribution in [1.82, 2.24) is 0 Å². The van der Waals surface area contributed by atoms with E-state index in [2.05, 4.69) is 0 Å². The molecule has 3 nitrogen and oxygen atoms in total. The summed E-state index contributed by atoms with van der Waals surface area (Å²) in [5, 5.41) is -1.00. The number of hydrogen-bond acceptors (Lipinski definition) is 3. The maximum Gasteiger partial charge on any atom is 0.264 e. The lowest BCUT2D eigenvalue weighted by molar-refractivity contribution is -0.107. The van der Waals surface area contributed by atoms with Crippen LogP contribution in [0.3, 0.4) is 0 Å². The van der Waals surface area contributed by atoms with Gasteiger partial charge in [-0.1, -0.05) is 48.0 Å². The normalized spacial score (nSPS) is 12.2. The van der Waals surface area contributed by atoms with Crippen LogP contribution in [-0.4, -0.2) is 13.7 Å². The molecule has 0 atom stereocenters. The number of benzene rings is 2. The van der Waals surface area contributed by atoms with Crippen LogP contribution < -0.4 is 0 Å². The third kappa shape index (κ3) is 3.60. The lowest BCUT2D eigenvalue weighted by Crippen LogP contribution is -2.10. The Labute approximate surface area is 128 Å². The molecule has 2 aromatic carbocycles. The van der Waals surface area contributed by atoms with Crippen LogP contribution in [0.25, 0.3) is 6.08 Å². The molecule has 0 N–H and O–H groups in total. The number of allylic oxidation sites excluding steroid dienone is 1. The molecule has 0 aliphatic rings. The first-order valence-electron chi connectivity index (χ1n) is 6.19. The van der Waals surface area contributed by atoms with Gasteiger partial charge in [-0.2, -0.15) is 0 Å². The molecule has 0 saturated carbocycles. The van der Waals surface area contributed by atoms with Gasteiger partial charge in [0.25, 0.3) is 5.24 Å². The van der Waals surface area contributed by atoms with Crippen LogP contribution in [0.15, 0.2) is 64.4 Å². The predicted molar refractivity (Wildman–Crippen MR) is 83.6 cm³/mol. The fourth-order valence-electron chi connectivity index (χ4n) is 1.78. The number of aryl methyl sites for hydroxylation is 1. The molecule has 2 rings (SSSR count). The summed E-state index contributed by atoms with van der Waals surface area (Å²) in [6.45, 7) is 1.85. The molecule has 0 aliphatic carbocycles. The average molecular weight is 321 g/mol. The number of sulfone groups is 1. The molecule has 0 saturated heterocycles. The quantitative estimate of drug-likeness (QED) is 0.639. The molecule has 21 heavy (non-hydrogen) atoms. The van der Waals surface area contributed by atoms with Crippen molar-refractivity contribution in [3.05, 3.63) is 70.6 Å². The second kappa shape index (κ2) is 6.24. The van der Waals surface area contributed by atoms with E-state index in [0.29, 0.717) is 5.56 Å². The van der Waals surface area contributed by atoms with Crippen molar-refractivity contribution in [3.8, 4) is 0 Å². The van der Waals surface area contributed by atoms with Crippen LogP contribution in [0.4, 0.5) is 0 Å². The zero-order chi connectivity index (χ0) is 15.5. The van der Waals surface area contributed by atoms with E-state index in [4.69, 9.17) is 11.6 Å². The molecule has 0 fully saturated rings. The van der Waals surface area contributed by atoms with Gasteiger partial charge in [0.2, 0.25) is 9.84 Å². The second-order valence-corrected chi connectivity index (χ2v) is 6.77. The van der Waals surface area contributed by atoms with Crippen molar-refractivity contribution >= 4 is 32.8 Å². The van der Waals surface area contributed by atoms with Crippen LogP contribution in [0.2, 0.25) is 0 Å². The van der Waals surface area contributed by atoms with Gasteiger partial charge in [0.15, 0.2) is 0 Å². The fourth-order valence-corrected chi connectivity index (χ4v) is 3.40. The number of carbonyl (C=O) groups excluding carboxylic acids is 1. The van der Waals surface area contributed by atoms with E-state index < -0.39 is 20.0 Å². The van der Waals surface area contributed by atoms with Crippen LogP contribution in [0.5, 0.6) is 0 Å². The minimum atomic E-state index is -3.94. The smallest absolute Gasteiger partial charge is 0.264 e. The summed E-state index contributed by atoms with van der Waals surface area (Å²) in [5.74, 6) is 0. The van der Waals surface area contributed by atoms with Gasteiger partial charge in [0, 0.05) is 0 Å². The summed E-state index contributed by atoms with van der Waals surface area (Å²) in [6, 6.07) is 15.0. The first kappa shape index (κ1) is 15.5. The largest absolute Gasteiger partial charge is 0.275 e. The van der Waals surface area contributed by atoms with E-state index in [9.17, 15) is 13.2 Å². The zero-order valence-corrected chi connectivity index (χ0v) is 12.9. The Bertz CT molecular complexity index is 776. The third-order valence-corrected chi connectivity index (χ3v) is 5.00. The van der Waals surface area contributed by atoms with Gasteiger partial charge in [-0.25, -0.2) is 8.42 Å². The SMILES string of the molecule is Cc1ccc(S(=O)(=O)/C(=C\c2ccccc2)C(=O)Cl)cc1. The average Bonchev–Trinajstić information content (AvgIpc) is 2.46. The number of hydrogen-bond donors (Lipinski definition) is 0. The molecule has 2 aromatic rings. The van der Waals surface area contributed by atoms with Gasteiger partial charge < -0.3 is 0 Å². The Morgan fingerprint density at radius 2 is 1.57 bits per heavy atom. The Morgan fingerprint density at radius 1 is 1.00 bits per heavy atom. The van der Waals surface area contributed by atoms with Crippen molar-refractivity contribution in [3.63, 3.8) is 0 Å². The van der Waals surface area contributed by atoms with Crippen molar-refractivity contribution in [2.24, 2.45) is 0 Å². The highest BCUT2D eigenvalue weighted by Crippen LogP contribution is 2.23. The van der Waals surface area contributed by atoms with Gasteiger partial charge in [0.05, 0.1) is 4.90 Å². The molecular weight excluding hydrogens is 308 g/mol. The highest BCUT2D eigenvalue weighted by atomic mass is 35.5. The standard InChI is InChI=1S/C16H13ClO3S/c1-12-7-9-14(10-8-12)21(19,20)15(16(17)18)11-13-5-3-2-4-6-13/h2-11H,1H3/b15-11-. The van der Waals surface area contributed by atoms with Gasteiger partial charge in [-0.05, 0) is 42.3 Å². The lowest BCUT2D eigenvalue weighted by Gasteiger charge is -2.06. The summed E-state index contributed by atoms with van der Waals surface area (Å²) in [5.41, 5.74) is 1.52. The van der Waals surface area contributed by atoms with Crippen LogP contribution in [-0.2, 0) is 14.6 Å². The molecule has 0 unspecified atom stereocenters. The topological polar surface area (TPSA) is 51.2 Å². The predicted octanol–water partition coefficient (Wildman–Crippen LogP) is 3.58. The van der Waals surface area contributed by atoms with Crippen LogP contribution >= 0.6 is 11.6 Å². The molecule has 0 radical (unpaired) electrons. The molecule has 0 aliphatic heterocycles. The van der Waals surface area contributed by atoms with E-state index in [1.165, 1.54) is 18.2 Å². The van der Waals surface area contributed by atoms with Gasteiger partial charge in [-0.3, -0.25) is 4.79 Å². The van der Waals surface area contributed by atoms with Crippen LogP contribution in [0.1, 0.15) is 11.1 Å². The summed E-state index contributed by atoms with van der Waals surface area (Å²) in [7, 11) is -3.94. The van der Waals surface area contributed by atoms with Crippen molar-refractivity contribution in [2.75, 3.05) is 0 Å². The Kier molecular flexibility index (Phi) is 4.60. The number of halogens is 1. The minimum absolute atomic E-state index is 0.0456. The third-order valence-electron chi connectivity index (χ3n) is 2.91. The summed E-state index contributed by atoms with van der Waals surface area (Å²) in [4.78, 5) is 11.2. The Morgan fingerprint density at radius 3 is 2.10 bits per heavy atom. The molecule has 0 amide bonds. The molecular formula is C16H13ClO3S. The molecule has 0 spiro atoms. The second-order valence-electron chi connectivity index (χ2n) is 4.51. The van der Waals surface area contributed by atoms with Crippen molar-refractivity contribution < 1.29 is 13.2 Å². The van der Waals surface area contributed by atoms with Gasteiger partial charge >= 0.3 is 0 Å². The number of rotatable bonds is 4.